The molecule has 0 spiro atoms. The highest BCUT2D eigenvalue weighted by molar-refractivity contribution is 6.03. The minimum Gasteiger partial charge on any atom is -0.478 e. The van der Waals surface area contributed by atoms with E-state index in [1.54, 1.807) is 12.1 Å². The van der Waals surface area contributed by atoms with Gasteiger partial charge in [-0.2, -0.15) is 0 Å². The number of hydrogen-bond donors (Lipinski definition) is 3. The molecule has 1 aliphatic rings. The van der Waals surface area contributed by atoms with Gasteiger partial charge >= 0.3 is 12.1 Å². The molecule has 2 amide bonds. The van der Waals surface area contributed by atoms with Crippen LogP contribution >= 0.6 is 0 Å². The Hall–Kier alpha value is -4.13. The lowest BCUT2D eigenvalue weighted by Crippen LogP contribution is -2.48. The summed E-state index contributed by atoms with van der Waals surface area (Å²) >= 11 is 0. The summed E-state index contributed by atoms with van der Waals surface area (Å²) in [5.74, 6) is -1.94. The minimum absolute atomic E-state index is 0.0232. The summed E-state index contributed by atoms with van der Waals surface area (Å²) < 4.78 is 5.60. The molecule has 0 aromatic heterocycles. The van der Waals surface area contributed by atoms with Gasteiger partial charge in [0.15, 0.2) is 0 Å². The van der Waals surface area contributed by atoms with Crippen LogP contribution in [0.2, 0.25) is 0 Å². The van der Waals surface area contributed by atoms with E-state index in [4.69, 9.17) is 4.74 Å². The molecule has 4 rings (SSSR count). The summed E-state index contributed by atoms with van der Waals surface area (Å²) in [6.07, 6.45) is -0.0682. The number of hydrogen-bond acceptors (Lipinski definition) is 4. The van der Waals surface area contributed by atoms with Crippen LogP contribution in [-0.4, -0.2) is 35.7 Å². The molecule has 0 fully saturated rings. The zero-order chi connectivity index (χ0) is 24.9. The molecule has 0 heterocycles. The van der Waals surface area contributed by atoms with Gasteiger partial charge in [0, 0.05) is 5.92 Å². The molecule has 0 bridgehead atoms. The van der Waals surface area contributed by atoms with E-state index >= 15 is 0 Å². The third-order valence-electron chi connectivity index (χ3n) is 6.53. The number of ether oxygens (including phenoxy) is 1. The Morgan fingerprint density at radius 3 is 2.09 bits per heavy atom. The number of anilines is 1. The van der Waals surface area contributed by atoms with Gasteiger partial charge in [-0.3, -0.25) is 4.79 Å². The van der Waals surface area contributed by atoms with Crippen molar-refractivity contribution >= 4 is 23.7 Å². The Morgan fingerprint density at radius 1 is 0.914 bits per heavy atom. The summed E-state index contributed by atoms with van der Waals surface area (Å²) in [7, 11) is 0. The lowest BCUT2D eigenvalue weighted by molar-refractivity contribution is -0.119. The summed E-state index contributed by atoms with van der Waals surface area (Å²) in [4.78, 5) is 37.3. The first-order valence-corrected chi connectivity index (χ1v) is 11.6. The van der Waals surface area contributed by atoms with E-state index < -0.39 is 24.0 Å². The van der Waals surface area contributed by atoms with Gasteiger partial charge in [0.1, 0.15) is 12.6 Å². The van der Waals surface area contributed by atoms with Crippen molar-refractivity contribution in [3.05, 3.63) is 89.5 Å². The summed E-state index contributed by atoms with van der Waals surface area (Å²) in [6, 6.07) is 21.4. The quantitative estimate of drug-likeness (QED) is 0.414. The second-order valence-electron chi connectivity index (χ2n) is 8.67. The molecule has 3 aromatic rings. The summed E-state index contributed by atoms with van der Waals surface area (Å²) in [6.45, 7) is 3.89. The molecule has 7 heteroatoms. The topological polar surface area (TPSA) is 105 Å². The molecule has 3 N–H and O–H groups in total. The number of amides is 2. The maximum atomic E-state index is 13.0. The van der Waals surface area contributed by atoms with Crippen LogP contribution in [0.4, 0.5) is 10.5 Å². The molecule has 1 unspecified atom stereocenters. The zero-order valence-electron chi connectivity index (χ0n) is 19.7. The van der Waals surface area contributed by atoms with Crippen molar-refractivity contribution in [2.45, 2.75) is 32.2 Å². The van der Waals surface area contributed by atoms with Crippen LogP contribution in [-0.2, 0) is 9.53 Å². The highest BCUT2D eigenvalue weighted by Gasteiger charge is 2.31. The second-order valence-corrected chi connectivity index (χ2v) is 8.67. The van der Waals surface area contributed by atoms with E-state index in [-0.39, 0.29) is 29.7 Å². The van der Waals surface area contributed by atoms with Crippen molar-refractivity contribution in [2.75, 3.05) is 11.9 Å². The second kappa shape index (κ2) is 10.4. The highest BCUT2D eigenvalue weighted by atomic mass is 16.5. The van der Waals surface area contributed by atoms with E-state index in [0.29, 0.717) is 6.42 Å². The Kier molecular flexibility index (Phi) is 7.15. The van der Waals surface area contributed by atoms with Crippen molar-refractivity contribution in [3.63, 3.8) is 0 Å². The summed E-state index contributed by atoms with van der Waals surface area (Å²) in [5, 5.41) is 14.7. The molecule has 2 atom stereocenters. The molecule has 1 aliphatic carbocycles. The summed E-state index contributed by atoms with van der Waals surface area (Å²) in [5.41, 5.74) is 4.61. The van der Waals surface area contributed by atoms with Gasteiger partial charge in [-0.25, -0.2) is 9.59 Å². The fourth-order valence-corrected chi connectivity index (χ4v) is 4.46. The molecule has 180 valence electrons. The number of carbonyl (C=O) groups is 3. The minimum atomic E-state index is -1.15. The smallest absolute Gasteiger partial charge is 0.407 e. The normalized spacial score (nSPS) is 13.8. The SMILES string of the molecule is CCC(C)[C@H](NC(=O)OCC1c2ccccc2-c2ccccc21)C(=O)Nc1ccccc1C(=O)O. The number of aromatic carboxylic acids is 1. The van der Waals surface area contributed by atoms with Crippen molar-refractivity contribution in [1.29, 1.82) is 0 Å². The largest absolute Gasteiger partial charge is 0.478 e. The molecule has 7 nitrogen and oxygen atoms in total. The van der Waals surface area contributed by atoms with Crippen LogP contribution in [0.1, 0.15) is 47.7 Å². The van der Waals surface area contributed by atoms with Crippen molar-refractivity contribution in [2.24, 2.45) is 5.92 Å². The van der Waals surface area contributed by atoms with Gasteiger partial charge in [-0.1, -0.05) is 80.9 Å². The first kappa shape index (κ1) is 24.0. The molecular weight excluding hydrogens is 444 g/mol. The fraction of sp³-hybridized carbons (Fsp3) is 0.250. The van der Waals surface area contributed by atoms with Crippen molar-refractivity contribution in [3.8, 4) is 11.1 Å². The Morgan fingerprint density at radius 2 is 1.49 bits per heavy atom. The van der Waals surface area contributed by atoms with Crippen molar-refractivity contribution < 1.29 is 24.2 Å². The van der Waals surface area contributed by atoms with Crippen LogP contribution < -0.4 is 10.6 Å². The molecule has 0 radical (unpaired) electrons. The van der Waals surface area contributed by atoms with Gasteiger partial charge < -0.3 is 20.5 Å². The number of rotatable bonds is 8. The Labute approximate surface area is 204 Å². The lowest BCUT2D eigenvalue weighted by Gasteiger charge is -2.24. The van der Waals surface area contributed by atoms with E-state index in [1.807, 2.05) is 50.2 Å². The first-order chi connectivity index (χ1) is 16.9. The Bertz CT molecular complexity index is 1210. The monoisotopic (exact) mass is 472 g/mol. The zero-order valence-corrected chi connectivity index (χ0v) is 19.7. The standard InChI is InChI=1S/C28H28N2O5/c1-3-17(2)25(26(31)29-24-15-9-8-14-22(24)27(32)33)30-28(34)35-16-23-20-12-6-4-10-18(20)19-11-5-7-13-21(19)23/h4-15,17,23,25H,3,16H2,1-2H3,(H,29,31)(H,30,34)(H,32,33)/t17?,25-/m0/s1. The maximum Gasteiger partial charge on any atom is 0.407 e. The van der Waals surface area contributed by atoms with E-state index in [2.05, 4.69) is 22.8 Å². The molecule has 35 heavy (non-hydrogen) atoms. The number of carboxylic acids is 1. The number of para-hydroxylation sites is 1. The van der Waals surface area contributed by atoms with Crippen LogP contribution in [0.5, 0.6) is 0 Å². The average molecular weight is 473 g/mol. The highest BCUT2D eigenvalue weighted by Crippen LogP contribution is 2.44. The molecular formula is C28H28N2O5. The molecule has 3 aromatic carbocycles. The van der Waals surface area contributed by atoms with Crippen LogP contribution in [0.3, 0.4) is 0 Å². The third kappa shape index (κ3) is 5.04. The molecule has 0 aliphatic heterocycles. The molecule has 0 saturated carbocycles. The van der Waals surface area contributed by atoms with E-state index in [0.717, 1.165) is 22.3 Å². The van der Waals surface area contributed by atoms with Gasteiger partial charge in [-0.15, -0.1) is 0 Å². The van der Waals surface area contributed by atoms with E-state index in [9.17, 15) is 19.5 Å². The maximum absolute atomic E-state index is 13.0. The number of nitrogens with one attached hydrogen (secondary N) is 2. The van der Waals surface area contributed by atoms with Crippen LogP contribution in [0.15, 0.2) is 72.8 Å². The van der Waals surface area contributed by atoms with Crippen LogP contribution in [0, 0.1) is 5.92 Å². The predicted molar refractivity (Wildman–Crippen MR) is 133 cm³/mol. The fourth-order valence-electron chi connectivity index (χ4n) is 4.46. The van der Waals surface area contributed by atoms with E-state index in [1.165, 1.54) is 12.1 Å². The first-order valence-electron chi connectivity index (χ1n) is 11.6. The number of carboxylic acid groups (broad SMARTS) is 1. The number of benzene rings is 3. The number of carbonyl (C=O) groups excluding carboxylic acids is 2. The Balaban J connectivity index is 1.45. The van der Waals surface area contributed by atoms with Gasteiger partial charge in [-0.05, 0) is 40.3 Å². The molecule has 0 saturated heterocycles. The van der Waals surface area contributed by atoms with Gasteiger partial charge in [0.2, 0.25) is 5.91 Å². The predicted octanol–water partition coefficient (Wildman–Crippen LogP) is 5.28. The average Bonchev–Trinajstić information content (AvgIpc) is 3.19. The lowest BCUT2D eigenvalue weighted by atomic mass is 9.98. The van der Waals surface area contributed by atoms with Crippen molar-refractivity contribution in [1.82, 2.24) is 5.32 Å². The number of fused-ring (bicyclic) bond motifs is 3. The number of alkyl carbamates (subject to hydrolysis) is 1. The van der Waals surface area contributed by atoms with Crippen LogP contribution in [0.25, 0.3) is 11.1 Å². The van der Waals surface area contributed by atoms with Gasteiger partial charge in [0.05, 0.1) is 11.3 Å². The third-order valence-corrected chi connectivity index (χ3v) is 6.53. The van der Waals surface area contributed by atoms with Gasteiger partial charge in [0.25, 0.3) is 0 Å².